The molecule has 0 unspecified atom stereocenters. The molecular weight excluding hydrogens is 1250 g/mol. The Morgan fingerprint density at radius 2 is 0.990 bits per heavy atom. The topological polar surface area (TPSA) is 312 Å². The van der Waals surface area contributed by atoms with Gasteiger partial charge in [0.1, 0.15) is 0 Å². The van der Waals surface area contributed by atoms with Crippen LogP contribution >= 0.6 is 0 Å². The van der Waals surface area contributed by atoms with E-state index in [9.17, 15) is 34.2 Å². The van der Waals surface area contributed by atoms with Gasteiger partial charge in [0.25, 0.3) is 0 Å². The third-order valence-corrected chi connectivity index (χ3v) is 21.0. The van der Waals surface area contributed by atoms with E-state index in [2.05, 4.69) is 92.1 Å². The molecule has 25 nitrogen and oxygen atoms in total. The summed E-state index contributed by atoms with van der Waals surface area (Å²) in [5.41, 5.74) is 11.6. The molecule has 3 aliphatic heterocycles. The average Bonchev–Trinajstić information content (AvgIpc) is 1.69. The predicted octanol–water partition coefficient (Wildman–Crippen LogP) is 8.03. The quantitative estimate of drug-likeness (QED) is 0.0366. The van der Waals surface area contributed by atoms with Crippen LogP contribution in [-0.2, 0) is 26.5 Å². The van der Waals surface area contributed by atoms with E-state index in [1.165, 1.54) is 62.5 Å². The fourth-order valence-corrected chi connectivity index (χ4v) is 15.1. The molecule has 3 aromatic carbocycles. The summed E-state index contributed by atoms with van der Waals surface area (Å²) < 4.78 is 4.29. The molecule has 0 atom stereocenters. The minimum absolute atomic E-state index is 0.00634. The van der Waals surface area contributed by atoms with Crippen LogP contribution in [0.4, 0.5) is 27.0 Å². The Morgan fingerprint density at radius 1 is 0.566 bits per heavy atom. The molecule has 4 aromatic heterocycles. The third-order valence-electron chi connectivity index (χ3n) is 21.0. The zero-order chi connectivity index (χ0) is 70.3. The van der Waals surface area contributed by atoms with Gasteiger partial charge in [-0.25, -0.2) is 9.59 Å². The molecule has 3 saturated carbocycles. The number of nitrogens with two attached hydrogens (primary N) is 1. The van der Waals surface area contributed by atoms with Crippen LogP contribution in [0.25, 0.3) is 32.7 Å². The second kappa shape index (κ2) is 31.5. The molecule has 5 amide bonds. The van der Waals surface area contributed by atoms with Crippen molar-refractivity contribution in [3.63, 3.8) is 0 Å². The number of aliphatic hydroxyl groups excluding tert-OH is 1. The zero-order valence-electron chi connectivity index (χ0n) is 59.5. The summed E-state index contributed by atoms with van der Waals surface area (Å²) in [6, 6.07) is 22.9. The van der Waals surface area contributed by atoms with Gasteiger partial charge in [-0.2, -0.15) is 14.5 Å². The molecule has 6 aliphatic rings. The summed E-state index contributed by atoms with van der Waals surface area (Å²) in [4.78, 5) is 73.8. The number of nitrogens with one attached hydrogen (secondary N) is 7. The fraction of sp³-hybridized carbons (Fsp3) is 0.581. The highest BCUT2D eigenvalue weighted by atomic mass is 16.3. The minimum atomic E-state index is -0.800. The molecule has 7 heterocycles. The van der Waals surface area contributed by atoms with Crippen LogP contribution in [0, 0.1) is 39.5 Å². The van der Waals surface area contributed by atoms with E-state index >= 15 is 0 Å². The number of aliphatic hydroxyl groups is 2. The van der Waals surface area contributed by atoms with Gasteiger partial charge in [-0.05, 0) is 180 Å². The van der Waals surface area contributed by atoms with Crippen LogP contribution in [0.5, 0.6) is 0 Å². The Balaban J connectivity index is 0.000000151. The molecule has 0 radical (unpaired) electrons. The highest BCUT2D eigenvalue weighted by Gasteiger charge is 2.41. The first-order chi connectivity index (χ1) is 47.4. The number of aryl methyl sites for hydroxylation is 4. The maximum absolute atomic E-state index is 12.8. The van der Waals surface area contributed by atoms with E-state index in [1.807, 2.05) is 103 Å². The zero-order valence-corrected chi connectivity index (χ0v) is 59.5. The van der Waals surface area contributed by atoms with Crippen molar-refractivity contribution >= 4 is 79.9 Å². The Morgan fingerprint density at radius 3 is 1.42 bits per heavy atom. The number of hydrogen-bond donors (Lipinski definition) is 10. The van der Waals surface area contributed by atoms with Crippen molar-refractivity contribution in [2.75, 3.05) is 81.5 Å². The lowest BCUT2D eigenvalue weighted by Crippen LogP contribution is -2.63. The first kappa shape index (κ1) is 72.0. The second-order valence-corrected chi connectivity index (χ2v) is 30.1. The van der Waals surface area contributed by atoms with Crippen LogP contribution in [-0.4, -0.2) is 196 Å². The van der Waals surface area contributed by atoms with Gasteiger partial charge in [-0.3, -0.25) is 38.7 Å². The first-order valence-electron chi connectivity index (χ1n) is 36.0. The Bertz CT molecular complexity index is 3950. The number of likely N-dealkylation sites (tertiary alicyclic amines) is 3. The van der Waals surface area contributed by atoms with Crippen molar-refractivity contribution in [2.45, 2.75) is 200 Å². The maximum atomic E-state index is 12.8. The number of pyridine rings is 1. The first-order valence-corrected chi connectivity index (χ1v) is 36.0. The molecule has 3 saturated heterocycles. The minimum Gasteiger partial charge on any atom is -0.394 e. The number of fused-ring (bicyclic) bond motifs is 3. The van der Waals surface area contributed by atoms with Crippen LogP contribution in [0.3, 0.4) is 0 Å². The lowest BCUT2D eigenvalue weighted by molar-refractivity contribution is -0.122. The molecule has 0 spiro atoms. The monoisotopic (exact) mass is 1360 g/mol. The van der Waals surface area contributed by atoms with Crippen molar-refractivity contribution in [2.24, 2.45) is 17.6 Å². The van der Waals surface area contributed by atoms with Gasteiger partial charge in [-0.1, -0.05) is 61.2 Å². The molecule has 3 aliphatic carbocycles. The number of hydrogen-bond acceptors (Lipinski definition) is 17. The molecule has 25 heteroatoms. The normalized spacial score (nSPS) is 22.6. The molecule has 13 rings (SSSR count). The number of carbonyl (C=O) groups excluding carboxylic acids is 5. The number of nitrogens with zero attached hydrogens (tertiary/aromatic N) is 10. The van der Waals surface area contributed by atoms with E-state index in [1.54, 1.807) is 16.9 Å². The van der Waals surface area contributed by atoms with E-state index in [0.717, 1.165) is 118 Å². The summed E-state index contributed by atoms with van der Waals surface area (Å²) in [6.45, 7) is 24.6. The van der Waals surface area contributed by atoms with Gasteiger partial charge in [0.2, 0.25) is 17.7 Å². The number of carbonyl (C=O) groups is 5. The van der Waals surface area contributed by atoms with E-state index < -0.39 is 11.6 Å². The number of anilines is 3. The Kier molecular flexibility index (Phi) is 22.9. The number of aromatic nitrogens is 7. The summed E-state index contributed by atoms with van der Waals surface area (Å²) in [5.74, 6) is 3.30. The average molecular weight is 1360 g/mol. The number of primary amides is 1. The van der Waals surface area contributed by atoms with Gasteiger partial charge in [0.05, 0.1) is 73.1 Å². The lowest BCUT2D eigenvalue weighted by Gasteiger charge is -2.48. The van der Waals surface area contributed by atoms with Crippen molar-refractivity contribution < 1.29 is 34.2 Å². The Labute approximate surface area is 581 Å². The molecule has 7 aromatic rings. The number of rotatable bonds is 19. The van der Waals surface area contributed by atoms with Gasteiger partial charge in [-0.15, -0.1) is 10.2 Å². The van der Waals surface area contributed by atoms with Crippen LogP contribution in [0.15, 0.2) is 72.9 Å². The molecule has 0 bridgehead atoms. The predicted molar refractivity (Wildman–Crippen MR) is 388 cm³/mol. The Hall–Kier alpha value is -8.23. The van der Waals surface area contributed by atoms with Gasteiger partial charge < -0.3 is 53.2 Å². The van der Waals surface area contributed by atoms with E-state index in [-0.39, 0.29) is 73.7 Å². The smallest absolute Gasteiger partial charge is 0.343 e. The fourth-order valence-electron chi connectivity index (χ4n) is 15.1. The molecule has 99 heavy (non-hydrogen) atoms. The third kappa shape index (κ3) is 18.0. The highest BCUT2D eigenvalue weighted by Crippen LogP contribution is 2.40. The van der Waals surface area contributed by atoms with Gasteiger partial charge in [0, 0.05) is 96.5 Å². The summed E-state index contributed by atoms with van der Waals surface area (Å²) >= 11 is 0. The highest BCUT2D eigenvalue weighted by molar-refractivity contribution is 5.99. The summed E-state index contributed by atoms with van der Waals surface area (Å²) in [5, 5.41) is 57.9. The second-order valence-electron chi connectivity index (χ2n) is 30.1. The molecular formula is C74H106N18O7. The van der Waals surface area contributed by atoms with Crippen LogP contribution in [0.1, 0.15) is 146 Å². The lowest BCUT2D eigenvalue weighted by atomic mass is 9.77. The van der Waals surface area contributed by atoms with Gasteiger partial charge >= 0.3 is 12.1 Å². The van der Waals surface area contributed by atoms with Crippen molar-refractivity contribution in [1.29, 1.82) is 0 Å². The van der Waals surface area contributed by atoms with E-state index in [0.29, 0.717) is 66.0 Å². The van der Waals surface area contributed by atoms with Crippen molar-refractivity contribution in [3.05, 3.63) is 101 Å². The standard InChI is InChI=1S/C26H33N7O3.C25H38N6O2.C23H35N5O2/c1-16-3-6-22-21(11-16)24(31-33(22)25(27)35)29-13-23(34)30-19-14-32(15-19)20-7-9-26(36,10-8-20)18-5-4-17(2)28-12-18;1-16-6-9-19(10-7-16)30-14-18(15-30)27-22(32)13-26-23-20-12-17(2)8-11-21(20)31(29-23)24(33)28-25(3,4)5;1-3-17-5-7-19(8-6-17)27-14-18(15-27)25-22(30)13-24-23-20-12-16(2)4-9-21(20)28(26-23)10-11-29/h3-6,11-12,19-20,36H,7-10,13-15H2,1-2H3,(H2,27,35)(H,29,31)(H,30,34);8,11-12,16,18-19H,6-7,9-10,13-15H2,1-5H3,(H,26,29)(H,27,32)(H,28,33);4,9,12,17-19,29H,3,5-8,10-11,13-15H2,1-2H3,(H,24,26)(H,25,30). The molecule has 534 valence electrons. The molecule has 6 fully saturated rings. The maximum Gasteiger partial charge on any atom is 0.343 e. The van der Waals surface area contributed by atoms with Crippen molar-refractivity contribution in [1.82, 2.24) is 70.3 Å². The molecule has 11 N–H and O–H groups in total. The summed E-state index contributed by atoms with van der Waals surface area (Å²) in [7, 11) is 0. The number of amides is 5. The summed E-state index contributed by atoms with van der Waals surface area (Å²) in [6.07, 6.45) is 16.9. The van der Waals surface area contributed by atoms with E-state index in [4.69, 9.17) is 5.73 Å². The largest absolute Gasteiger partial charge is 0.394 e. The SMILES string of the molecule is CCC1CCC(N2CC(NC(=O)CNc3nn(CCO)c4ccc(C)cc34)C2)CC1.Cc1ccc2c(c1)c(NCC(=O)NC1CN(C3CCC(C)CC3)C1)nn2C(=O)NC(C)(C)C.Cc1ccc2c(c1)c(NCC(=O)NC1CN(C3CCC(O)(c4ccc(C)nc4)CC3)C1)nn2C(N)=O. The van der Waals surface area contributed by atoms with Crippen LogP contribution in [0.2, 0.25) is 0 Å². The van der Waals surface area contributed by atoms with Gasteiger partial charge in [0.15, 0.2) is 17.5 Å². The van der Waals surface area contributed by atoms with Crippen molar-refractivity contribution in [3.8, 4) is 0 Å². The van der Waals surface area contributed by atoms with Crippen LogP contribution < -0.4 is 43.0 Å². The number of benzene rings is 3.